The number of hydrogen-bond donors (Lipinski definition) is 0. The highest BCUT2D eigenvalue weighted by Gasteiger charge is 2.27. The number of rotatable bonds is 7. The first-order chi connectivity index (χ1) is 14.8. The molecule has 1 saturated heterocycles. The first-order valence-corrected chi connectivity index (χ1v) is 12.8. The predicted octanol–water partition coefficient (Wildman–Crippen LogP) is 4.39. The van der Waals surface area contributed by atoms with Crippen LogP contribution in [0.2, 0.25) is 0 Å². The molecular formula is C24H38N6S. The standard InChI is InChI=1S/C24H38N6S/c1-18-16-22(28(5)27-18)31-15-7-10-29-11-13-30(14-12-29)21-17-20(19-8-6-9-19)25-23(26-21)24(2,3)4/h16-17,19H,6-15H2,1-5H3. The molecular weight excluding hydrogens is 404 g/mol. The number of piperazine rings is 1. The monoisotopic (exact) mass is 442 g/mol. The molecule has 0 bridgehead atoms. The van der Waals surface area contributed by atoms with Crippen LogP contribution in [-0.4, -0.2) is 63.1 Å². The molecule has 0 aromatic carbocycles. The van der Waals surface area contributed by atoms with Crippen molar-refractivity contribution >= 4 is 17.6 Å². The van der Waals surface area contributed by atoms with Crippen LogP contribution < -0.4 is 4.90 Å². The van der Waals surface area contributed by atoms with E-state index in [-0.39, 0.29) is 5.41 Å². The second kappa shape index (κ2) is 9.49. The maximum Gasteiger partial charge on any atom is 0.136 e. The van der Waals surface area contributed by atoms with Crippen molar-refractivity contribution in [2.75, 3.05) is 43.4 Å². The van der Waals surface area contributed by atoms with E-state index in [0.717, 1.165) is 49.3 Å². The van der Waals surface area contributed by atoms with E-state index in [9.17, 15) is 0 Å². The summed E-state index contributed by atoms with van der Waals surface area (Å²) in [4.78, 5) is 15.0. The molecule has 6 nitrogen and oxygen atoms in total. The Hall–Kier alpha value is -1.60. The molecule has 0 amide bonds. The molecule has 31 heavy (non-hydrogen) atoms. The van der Waals surface area contributed by atoms with E-state index in [4.69, 9.17) is 9.97 Å². The van der Waals surface area contributed by atoms with Crippen LogP contribution in [0.4, 0.5) is 5.82 Å². The Morgan fingerprint density at radius 3 is 2.39 bits per heavy atom. The maximum atomic E-state index is 5.00. The van der Waals surface area contributed by atoms with E-state index in [2.05, 4.69) is 54.7 Å². The third kappa shape index (κ3) is 5.61. The number of aromatic nitrogens is 4. The van der Waals surface area contributed by atoms with Crippen LogP contribution in [0, 0.1) is 6.92 Å². The molecule has 2 aromatic rings. The number of hydrogen-bond acceptors (Lipinski definition) is 6. The van der Waals surface area contributed by atoms with Gasteiger partial charge >= 0.3 is 0 Å². The summed E-state index contributed by atoms with van der Waals surface area (Å²) in [5.41, 5.74) is 2.35. The van der Waals surface area contributed by atoms with E-state index in [0.29, 0.717) is 5.92 Å². The van der Waals surface area contributed by atoms with Crippen molar-refractivity contribution in [3.63, 3.8) is 0 Å². The van der Waals surface area contributed by atoms with Crippen molar-refractivity contribution in [3.05, 3.63) is 29.3 Å². The van der Waals surface area contributed by atoms with E-state index in [1.807, 2.05) is 23.5 Å². The highest BCUT2D eigenvalue weighted by atomic mass is 32.2. The molecule has 7 heteroatoms. The first-order valence-electron chi connectivity index (χ1n) is 11.8. The zero-order chi connectivity index (χ0) is 22.0. The quantitative estimate of drug-likeness (QED) is 0.468. The minimum Gasteiger partial charge on any atom is -0.354 e. The van der Waals surface area contributed by atoms with E-state index >= 15 is 0 Å². The fourth-order valence-corrected chi connectivity index (χ4v) is 5.21. The van der Waals surface area contributed by atoms with Crippen molar-refractivity contribution in [1.82, 2.24) is 24.6 Å². The Bertz CT molecular complexity index is 875. The molecule has 0 radical (unpaired) electrons. The predicted molar refractivity (Wildman–Crippen MR) is 129 cm³/mol. The summed E-state index contributed by atoms with van der Waals surface area (Å²) in [6, 6.07) is 4.45. The molecule has 3 heterocycles. The van der Waals surface area contributed by atoms with Gasteiger partial charge in [0, 0.05) is 62.1 Å². The lowest BCUT2D eigenvalue weighted by atomic mass is 9.82. The van der Waals surface area contributed by atoms with Crippen LogP contribution in [-0.2, 0) is 12.5 Å². The van der Waals surface area contributed by atoms with E-state index in [1.54, 1.807) is 0 Å². The summed E-state index contributed by atoms with van der Waals surface area (Å²) < 4.78 is 1.99. The molecule has 0 N–H and O–H groups in total. The van der Waals surface area contributed by atoms with Crippen molar-refractivity contribution < 1.29 is 0 Å². The molecule has 1 aliphatic heterocycles. The van der Waals surface area contributed by atoms with Crippen molar-refractivity contribution in [2.24, 2.45) is 7.05 Å². The van der Waals surface area contributed by atoms with Gasteiger partial charge in [-0.25, -0.2) is 9.97 Å². The van der Waals surface area contributed by atoms with Gasteiger partial charge < -0.3 is 4.90 Å². The number of nitrogens with zero attached hydrogens (tertiary/aromatic N) is 6. The zero-order valence-corrected chi connectivity index (χ0v) is 20.7. The van der Waals surface area contributed by atoms with Crippen LogP contribution in [0.5, 0.6) is 0 Å². The fraction of sp³-hybridized carbons (Fsp3) is 0.708. The summed E-state index contributed by atoms with van der Waals surface area (Å²) in [6.07, 6.45) is 5.11. The summed E-state index contributed by atoms with van der Waals surface area (Å²) in [5.74, 6) is 3.93. The van der Waals surface area contributed by atoms with Crippen molar-refractivity contribution in [2.45, 2.75) is 69.7 Å². The Balaban J connectivity index is 1.29. The van der Waals surface area contributed by atoms with Gasteiger partial charge in [0.05, 0.1) is 10.7 Å². The number of anilines is 1. The Morgan fingerprint density at radius 1 is 1.06 bits per heavy atom. The minimum atomic E-state index is -0.0135. The van der Waals surface area contributed by atoms with Gasteiger partial charge in [-0.15, -0.1) is 11.8 Å². The molecule has 2 aromatic heterocycles. The largest absolute Gasteiger partial charge is 0.354 e. The highest BCUT2D eigenvalue weighted by molar-refractivity contribution is 7.99. The summed E-state index contributed by atoms with van der Waals surface area (Å²) in [7, 11) is 2.03. The van der Waals surface area contributed by atoms with Gasteiger partial charge in [0.1, 0.15) is 11.6 Å². The topological polar surface area (TPSA) is 50.1 Å². The van der Waals surface area contributed by atoms with Crippen LogP contribution in [0.15, 0.2) is 17.2 Å². The highest BCUT2D eigenvalue weighted by Crippen LogP contribution is 2.37. The Morgan fingerprint density at radius 2 is 1.81 bits per heavy atom. The summed E-state index contributed by atoms with van der Waals surface area (Å²) >= 11 is 1.92. The second-order valence-corrected chi connectivity index (χ2v) is 11.2. The van der Waals surface area contributed by atoms with Crippen LogP contribution in [0.3, 0.4) is 0 Å². The van der Waals surface area contributed by atoms with Crippen LogP contribution >= 0.6 is 11.8 Å². The molecule has 2 aliphatic rings. The van der Waals surface area contributed by atoms with E-state index in [1.165, 1.54) is 42.9 Å². The van der Waals surface area contributed by atoms with Gasteiger partial charge in [0.2, 0.25) is 0 Å². The lowest BCUT2D eigenvalue weighted by Crippen LogP contribution is -2.47. The smallest absolute Gasteiger partial charge is 0.136 e. The number of aryl methyl sites for hydroxylation is 2. The SMILES string of the molecule is Cc1cc(SCCCN2CCN(c3cc(C4CCC4)nc(C(C)(C)C)n3)CC2)n(C)n1. The maximum absolute atomic E-state index is 5.00. The fourth-order valence-electron chi connectivity index (χ4n) is 4.25. The van der Waals surface area contributed by atoms with Gasteiger partial charge in [0.25, 0.3) is 0 Å². The molecule has 2 fully saturated rings. The van der Waals surface area contributed by atoms with Crippen molar-refractivity contribution in [1.29, 1.82) is 0 Å². The average molecular weight is 443 g/mol. The van der Waals surface area contributed by atoms with Gasteiger partial charge in [-0.1, -0.05) is 27.2 Å². The summed E-state index contributed by atoms with van der Waals surface area (Å²) in [5, 5.41) is 5.70. The van der Waals surface area contributed by atoms with Crippen LogP contribution in [0.1, 0.15) is 69.6 Å². The van der Waals surface area contributed by atoms with Crippen molar-refractivity contribution in [3.8, 4) is 0 Å². The number of thioether (sulfide) groups is 1. The van der Waals surface area contributed by atoms with Gasteiger partial charge in [-0.05, 0) is 38.8 Å². The normalized spacial score (nSPS) is 18.4. The van der Waals surface area contributed by atoms with Gasteiger partial charge in [0.15, 0.2) is 0 Å². The minimum absolute atomic E-state index is 0.0135. The molecule has 1 saturated carbocycles. The lowest BCUT2D eigenvalue weighted by Gasteiger charge is -2.36. The molecule has 0 atom stereocenters. The molecule has 170 valence electrons. The zero-order valence-electron chi connectivity index (χ0n) is 19.9. The first kappa shape index (κ1) is 22.6. The molecule has 1 aliphatic carbocycles. The van der Waals surface area contributed by atoms with Gasteiger partial charge in [-0.2, -0.15) is 5.10 Å². The van der Waals surface area contributed by atoms with E-state index < -0.39 is 0 Å². The van der Waals surface area contributed by atoms with Crippen LogP contribution in [0.25, 0.3) is 0 Å². The molecule has 4 rings (SSSR count). The lowest BCUT2D eigenvalue weighted by molar-refractivity contribution is 0.258. The average Bonchev–Trinajstić information content (AvgIpc) is 3.00. The third-order valence-electron chi connectivity index (χ3n) is 6.45. The third-order valence-corrected chi connectivity index (χ3v) is 7.62. The second-order valence-electron chi connectivity index (χ2n) is 10.1. The molecule has 0 unspecified atom stereocenters. The summed E-state index contributed by atoms with van der Waals surface area (Å²) in [6.45, 7) is 14.2. The Labute approximate surface area is 191 Å². The van der Waals surface area contributed by atoms with Gasteiger partial charge in [-0.3, -0.25) is 9.58 Å². The molecule has 0 spiro atoms. The Kier molecular flexibility index (Phi) is 6.92.